The lowest BCUT2D eigenvalue weighted by atomic mass is 9.99. The number of likely N-dealkylation sites (N-methyl/N-ethyl adjacent to an activating group) is 1. The van der Waals surface area contributed by atoms with Crippen molar-refractivity contribution in [2.75, 3.05) is 51.6 Å². The average Bonchev–Trinajstić information content (AvgIpc) is 2.62. The number of thiocarbonyl (C=S) groups is 1. The van der Waals surface area contributed by atoms with Gasteiger partial charge in [-0.25, -0.2) is 0 Å². The van der Waals surface area contributed by atoms with Gasteiger partial charge in [-0.3, -0.25) is 0 Å². The molecule has 0 aromatic heterocycles. The summed E-state index contributed by atoms with van der Waals surface area (Å²) >= 11 is 5.71. The Hall–Kier alpha value is -1.17. The van der Waals surface area contributed by atoms with Gasteiger partial charge in [-0.05, 0) is 57.1 Å². The molecule has 1 unspecified atom stereocenters. The molecule has 2 aliphatic rings. The van der Waals surface area contributed by atoms with Gasteiger partial charge >= 0.3 is 0 Å². The highest BCUT2D eigenvalue weighted by Crippen LogP contribution is 2.22. The van der Waals surface area contributed by atoms with Crippen LogP contribution in [0.25, 0.3) is 0 Å². The van der Waals surface area contributed by atoms with Crippen LogP contribution in [0.4, 0.5) is 5.69 Å². The third-order valence-corrected chi connectivity index (χ3v) is 5.62. The van der Waals surface area contributed by atoms with Crippen molar-refractivity contribution in [3.05, 3.63) is 30.3 Å². The maximum absolute atomic E-state index is 5.71. The van der Waals surface area contributed by atoms with Crippen molar-refractivity contribution in [3.8, 4) is 0 Å². The molecular weight excluding hydrogens is 316 g/mol. The van der Waals surface area contributed by atoms with Crippen LogP contribution in [0.15, 0.2) is 30.3 Å². The fraction of sp³-hybridized carbons (Fsp3) is 0.632. The quantitative estimate of drug-likeness (QED) is 0.844. The molecule has 0 saturated carbocycles. The molecule has 132 valence electrons. The number of benzene rings is 1. The van der Waals surface area contributed by atoms with Gasteiger partial charge in [0.15, 0.2) is 5.11 Å². The number of para-hydroxylation sites is 1. The second-order valence-electron chi connectivity index (χ2n) is 7.07. The van der Waals surface area contributed by atoms with Crippen LogP contribution in [0.3, 0.4) is 0 Å². The highest BCUT2D eigenvalue weighted by atomic mass is 32.1. The fourth-order valence-electron chi connectivity index (χ4n) is 3.69. The monoisotopic (exact) mass is 346 g/mol. The van der Waals surface area contributed by atoms with Gasteiger partial charge in [-0.15, -0.1) is 0 Å². The smallest absolute Gasteiger partial charge is 0.173 e. The van der Waals surface area contributed by atoms with E-state index in [1.807, 2.05) is 18.2 Å². The lowest BCUT2D eigenvalue weighted by Crippen LogP contribution is -2.49. The van der Waals surface area contributed by atoms with Crippen LogP contribution in [0.2, 0.25) is 0 Å². The Morgan fingerprint density at radius 3 is 2.58 bits per heavy atom. The number of piperazine rings is 1. The third-order valence-electron chi connectivity index (χ3n) is 5.29. The average molecular weight is 347 g/mol. The Labute approximate surface area is 151 Å². The van der Waals surface area contributed by atoms with E-state index in [0.29, 0.717) is 6.04 Å². The summed E-state index contributed by atoms with van der Waals surface area (Å²) < 4.78 is 0. The predicted octanol–water partition coefficient (Wildman–Crippen LogP) is 2.88. The van der Waals surface area contributed by atoms with Crippen molar-refractivity contribution in [3.63, 3.8) is 0 Å². The van der Waals surface area contributed by atoms with E-state index in [0.717, 1.165) is 17.3 Å². The first-order valence-electron chi connectivity index (χ1n) is 9.26. The van der Waals surface area contributed by atoms with E-state index in [1.54, 1.807) is 0 Å². The summed E-state index contributed by atoms with van der Waals surface area (Å²) in [5, 5.41) is 4.32. The molecule has 24 heavy (non-hydrogen) atoms. The summed E-state index contributed by atoms with van der Waals surface area (Å²) in [7, 11) is 2.22. The zero-order chi connectivity index (χ0) is 16.8. The molecule has 1 aromatic carbocycles. The maximum Gasteiger partial charge on any atom is 0.173 e. The lowest BCUT2D eigenvalue weighted by Gasteiger charge is -2.39. The van der Waals surface area contributed by atoms with Crippen molar-refractivity contribution in [2.24, 2.45) is 0 Å². The fourth-order valence-corrected chi connectivity index (χ4v) is 4.05. The summed E-state index contributed by atoms with van der Waals surface area (Å²) in [4.78, 5) is 7.46. The van der Waals surface area contributed by atoms with Crippen molar-refractivity contribution in [1.29, 1.82) is 0 Å². The molecule has 0 aliphatic carbocycles. The molecular formula is C19H30N4S. The molecule has 0 spiro atoms. The highest BCUT2D eigenvalue weighted by Gasteiger charge is 2.25. The zero-order valence-electron chi connectivity index (χ0n) is 14.8. The number of piperidine rings is 1. The van der Waals surface area contributed by atoms with E-state index in [4.69, 9.17) is 12.2 Å². The zero-order valence-corrected chi connectivity index (χ0v) is 15.6. The molecule has 2 aliphatic heterocycles. The van der Waals surface area contributed by atoms with Gasteiger partial charge in [-0.2, -0.15) is 0 Å². The van der Waals surface area contributed by atoms with Crippen molar-refractivity contribution in [2.45, 2.75) is 31.7 Å². The molecule has 1 N–H and O–H groups in total. The molecule has 4 nitrogen and oxygen atoms in total. The van der Waals surface area contributed by atoms with E-state index in [2.05, 4.69) is 39.2 Å². The van der Waals surface area contributed by atoms with E-state index in [1.165, 1.54) is 58.4 Å². The number of rotatable bonds is 4. The van der Waals surface area contributed by atoms with Gasteiger partial charge in [-0.1, -0.05) is 18.2 Å². The van der Waals surface area contributed by atoms with Gasteiger partial charge in [0.05, 0.1) is 0 Å². The Bertz CT molecular complexity index is 513. The molecule has 5 heteroatoms. The molecule has 0 bridgehead atoms. The lowest BCUT2D eigenvalue weighted by molar-refractivity contribution is 0.135. The molecule has 0 amide bonds. The minimum Gasteiger partial charge on any atom is -0.346 e. The van der Waals surface area contributed by atoms with Gasteiger partial charge in [0.25, 0.3) is 0 Å². The normalized spacial score (nSPS) is 23.2. The largest absolute Gasteiger partial charge is 0.346 e. The van der Waals surface area contributed by atoms with Crippen LogP contribution in [-0.2, 0) is 0 Å². The predicted molar refractivity (Wildman–Crippen MR) is 106 cm³/mol. The van der Waals surface area contributed by atoms with Gasteiger partial charge < -0.3 is 20.0 Å². The summed E-state index contributed by atoms with van der Waals surface area (Å²) in [6.45, 7) is 7.09. The second kappa shape index (κ2) is 8.79. The van der Waals surface area contributed by atoms with E-state index < -0.39 is 0 Å². The minimum absolute atomic E-state index is 0.585. The first-order chi connectivity index (χ1) is 11.7. The molecule has 1 atom stereocenters. The third kappa shape index (κ3) is 4.91. The van der Waals surface area contributed by atoms with Crippen LogP contribution in [-0.4, -0.2) is 72.2 Å². The number of likely N-dealkylation sites (tertiary alicyclic amines) is 1. The van der Waals surface area contributed by atoms with E-state index in [-0.39, 0.29) is 0 Å². The van der Waals surface area contributed by atoms with Gasteiger partial charge in [0, 0.05) is 51.0 Å². The summed E-state index contributed by atoms with van der Waals surface area (Å²) in [6, 6.07) is 10.9. The van der Waals surface area contributed by atoms with Crippen LogP contribution < -0.4 is 5.32 Å². The van der Waals surface area contributed by atoms with Crippen LogP contribution in [0.1, 0.15) is 25.7 Å². The molecule has 2 saturated heterocycles. The molecule has 2 fully saturated rings. The molecule has 2 heterocycles. The first kappa shape index (κ1) is 17.6. The van der Waals surface area contributed by atoms with Gasteiger partial charge in [0.2, 0.25) is 0 Å². The molecule has 0 radical (unpaired) electrons. The number of hydrogen-bond acceptors (Lipinski definition) is 3. The van der Waals surface area contributed by atoms with E-state index in [9.17, 15) is 0 Å². The van der Waals surface area contributed by atoms with Crippen molar-refractivity contribution >= 4 is 23.0 Å². The summed E-state index contributed by atoms with van der Waals surface area (Å²) in [5.74, 6) is 0. The van der Waals surface area contributed by atoms with Crippen LogP contribution >= 0.6 is 12.2 Å². The maximum atomic E-state index is 5.71. The number of nitrogens with one attached hydrogen (secondary N) is 1. The minimum atomic E-state index is 0.585. The Balaban J connectivity index is 1.52. The van der Waals surface area contributed by atoms with E-state index >= 15 is 0 Å². The van der Waals surface area contributed by atoms with Crippen molar-refractivity contribution in [1.82, 2.24) is 14.7 Å². The Kier molecular flexibility index (Phi) is 6.46. The first-order valence-corrected chi connectivity index (χ1v) is 9.67. The Morgan fingerprint density at radius 2 is 1.83 bits per heavy atom. The van der Waals surface area contributed by atoms with Crippen molar-refractivity contribution < 1.29 is 0 Å². The van der Waals surface area contributed by atoms with Crippen LogP contribution in [0, 0.1) is 0 Å². The van der Waals surface area contributed by atoms with Gasteiger partial charge in [0.1, 0.15) is 0 Å². The standard InChI is InChI=1S/C19H30N4S/c1-21-13-15-22(16-14-21)12-10-18-9-5-6-11-23(18)19(24)20-17-7-3-2-4-8-17/h2-4,7-8,18H,5-6,9-16H2,1H3,(H,20,24). The second-order valence-corrected chi connectivity index (χ2v) is 7.46. The number of anilines is 1. The summed E-state index contributed by atoms with van der Waals surface area (Å²) in [5.41, 5.74) is 1.09. The number of nitrogens with zero attached hydrogens (tertiary/aromatic N) is 3. The highest BCUT2D eigenvalue weighted by molar-refractivity contribution is 7.80. The van der Waals surface area contributed by atoms with Crippen LogP contribution in [0.5, 0.6) is 0 Å². The topological polar surface area (TPSA) is 21.8 Å². The Morgan fingerprint density at radius 1 is 1.08 bits per heavy atom. The summed E-state index contributed by atoms with van der Waals surface area (Å²) in [6.07, 6.45) is 5.07. The molecule has 1 aromatic rings. The molecule has 3 rings (SSSR count). The number of hydrogen-bond donors (Lipinski definition) is 1. The SMILES string of the molecule is CN1CCN(CCC2CCCCN2C(=S)Nc2ccccc2)CC1.